The summed E-state index contributed by atoms with van der Waals surface area (Å²) >= 11 is 1.00. The second kappa shape index (κ2) is 3.98. The Hall–Kier alpha value is -0.525. The molecule has 0 amide bonds. The van der Waals surface area contributed by atoms with Crippen LogP contribution in [0.2, 0.25) is 0 Å². The highest BCUT2D eigenvalue weighted by molar-refractivity contribution is 7.09. The van der Waals surface area contributed by atoms with Crippen LogP contribution in [-0.4, -0.2) is 18.3 Å². The Morgan fingerprint density at radius 2 is 1.56 bits per heavy atom. The maximum atomic E-state index is 12.8. The van der Waals surface area contributed by atoms with Gasteiger partial charge in [0.15, 0.2) is 0 Å². The van der Waals surface area contributed by atoms with Gasteiger partial charge in [-0.1, -0.05) is 0 Å². The van der Waals surface area contributed by atoms with Gasteiger partial charge in [0.1, 0.15) is 0 Å². The molecule has 0 radical (unpaired) electrons. The van der Waals surface area contributed by atoms with Gasteiger partial charge in [0.25, 0.3) is 0 Å². The summed E-state index contributed by atoms with van der Waals surface area (Å²) in [7, 11) is -0.960. The molecule has 2 heterocycles. The van der Waals surface area contributed by atoms with E-state index >= 15 is 0 Å². The Labute approximate surface area is 108 Å². The fraction of sp³-hybridized carbons (Fsp3) is 0.636. The van der Waals surface area contributed by atoms with Gasteiger partial charge in [-0.2, -0.15) is 24.5 Å². The van der Waals surface area contributed by atoms with Crippen molar-refractivity contribution in [3.8, 4) is 0 Å². The molecular formula is C11H14BF3O2S. The molecule has 0 aliphatic carbocycles. The van der Waals surface area contributed by atoms with Crippen molar-refractivity contribution in [3.63, 3.8) is 0 Å². The van der Waals surface area contributed by atoms with E-state index in [4.69, 9.17) is 9.31 Å². The first kappa shape index (κ1) is 13.9. The van der Waals surface area contributed by atoms with Crippen molar-refractivity contribution in [3.05, 3.63) is 16.3 Å². The largest absolute Gasteiger partial charge is 0.496 e. The van der Waals surface area contributed by atoms with E-state index < -0.39 is 30.1 Å². The molecule has 18 heavy (non-hydrogen) atoms. The van der Waals surface area contributed by atoms with Crippen LogP contribution in [0.3, 0.4) is 0 Å². The number of rotatable bonds is 1. The molecule has 1 aliphatic heterocycles. The second-order valence-electron chi connectivity index (χ2n) is 5.33. The third kappa shape index (κ3) is 2.19. The van der Waals surface area contributed by atoms with Crippen LogP contribution in [0.4, 0.5) is 13.2 Å². The first-order chi connectivity index (χ1) is 8.05. The molecule has 0 atom stereocenters. The third-order valence-corrected chi connectivity index (χ3v) is 4.27. The predicted octanol–water partition coefficient (Wildman–Crippen LogP) is 3.07. The Morgan fingerprint density at radius 1 is 1.06 bits per heavy atom. The van der Waals surface area contributed by atoms with Gasteiger partial charge in [0, 0.05) is 10.8 Å². The molecule has 0 saturated carbocycles. The standard InChI is InChI=1S/C11H14BF3O2S/c1-9(2)10(3,4)17-12(16-9)8-6-18-5-7(8)11(13,14)15/h5-6H,1-4H3. The summed E-state index contributed by atoms with van der Waals surface area (Å²) < 4.78 is 49.7. The summed E-state index contributed by atoms with van der Waals surface area (Å²) in [5.74, 6) is 0. The quantitative estimate of drug-likeness (QED) is 0.735. The fourth-order valence-electron chi connectivity index (χ4n) is 1.69. The lowest BCUT2D eigenvalue weighted by Crippen LogP contribution is -2.41. The maximum Gasteiger partial charge on any atom is 0.496 e. The number of hydrogen-bond donors (Lipinski definition) is 0. The van der Waals surface area contributed by atoms with E-state index in [-0.39, 0.29) is 5.46 Å². The van der Waals surface area contributed by atoms with E-state index in [9.17, 15) is 13.2 Å². The normalized spacial score (nSPS) is 22.5. The summed E-state index contributed by atoms with van der Waals surface area (Å²) in [6.07, 6.45) is -4.38. The highest BCUT2D eigenvalue weighted by Gasteiger charge is 2.53. The van der Waals surface area contributed by atoms with Gasteiger partial charge in [0.05, 0.1) is 16.8 Å². The monoisotopic (exact) mass is 278 g/mol. The van der Waals surface area contributed by atoms with Crippen molar-refractivity contribution in [2.75, 3.05) is 0 Å². The van der Waals surface area contributed by atoms with E-state index in [0.717, 1.165) is 16.7 Å². The minimum Gasteiger partial charge on any atom is -0.399 e. The van der Waals surface area contributed by atoms with Crippen molar-refractivity contribution < 1.29 is 22.5 Å². The van der Waals surface area contributed by atoms with Crippen molar-refractivity contribution >= 4 is 23.9 Å². The topological polar surface area (TPSA) is 18.5 Å². The van der Waals surface area contributed by atoms with Crippen LogP contribution in [0, 0.1) is 0 Å². The molecule has 1 aromatic heterocycles. The van der Waals surface area contributed by atoms with Crippen LogP contribution in [0.25, 0.3) is 0 Å². The third-order valence-electron chi connectivity index (χ3n) is 3.50. The molecule has 1 saturated heterocycles. The van der Waals surface area contributed by atoms with E-state index in [1.165, 1.54) is 5.38 Å². The van der Waals surface area contributed by atoms with E-state index in [0.29, 0.717) is 0 Å². The van der Waals surface area contributed by atoms with Crippen LogP contribution in [-0.2, 0) is 15.5 Å². The fourth-order valence-corrected chi connectivity index (χ4v) is 2.55. The minimum absolute atomic E-state index is 0.0613. The van der Waals surface area contributed by atoms with Crippen molar-refractivity contribution in [2.24, 2.45) is 0 Å². The lowest BCUT2D eigenvalue weighted by atomic mass is 9.78. The molecule has 0 spiro atoms. The average molecular weight is 278 g/mol. The van der Waals surface area contributed by atoms with E-state index in [1.54, 1.807) is 0 Å². The van der Waals surface area contributed by atoms with Gasteiger partial charge in [-0.05, 0) is 33.1 Å². The lowest BCUT2D eigenvalue weighted by Gasteiger charge is -2.32. The van der Waals surface area contributed by atoms with Gasteiger partial charge >= 0.3 is 13.3 Å². The van der Waals surface area contributed by atoms with Gasteiger partial charge in [-0.15, -0.1) is 0 Å². The Bertz CT molecular complexity index is 437. The Balaban J connectivity index is 2.34. The number of alkyl halides is 3. The molecule has 2 nitrogen and oxygen atoms in total. The number of hydrogen-bond acceptors (Lipinski definition) is 3. The van der Waals surface area contributed by atoms with Crippen LogP contribution in [0.1, 0.15) is 33.3 Å². The zero-order valence-corrected chi connectivity index (χ0v) is 11.4. The molecule has 0 aromatic carbocycles. The van der Waals surface area contributed by atoms with Gasteiger partial charge < -0.3 is 9.31 Å². The zero-order chi connectivity index (χ0) is 13.8. The van der Waals surface area contributed by atoms with Crippen molar-refractivity contribution in [2.45, 2.75) is 45.1 Å². The molecule has 0 N–H and O–H groups in total. The van der Waals surface area contributed by atoms with Crippen molar-refractivity contribution in [1.29, 1.82) is 0 Å². The van der Waals surface area contributed by atoms with E-state index in [2.05, 4.69) is 0 Å². The Morgan fingerprint density at radius 3 is 2.00 bits per heavy atom. The average Bonchev–Trinajstić information content (AvgIpc) is 2.68. The molecular weight excluding hydrogens is 264 g/mol. The van der Waals surface area contributed by atoms with Crippen LogP contribution in [0.5, 0.6) is 0 Å². The maximum absolute atomic E-state index is 12.8. The zero-order valence-electron chi connectivity index (χ0n) is 10.6. The molecule has 1 aromatic rings. The summed E-state index contributed by atoms with van der Waals surface area (Å²) in [6, 6.07) is 0. The summed E-state index contributed by atoms with van der Waals surface area (Å²) in [4.78, 5) is 0. The van der Waals surface area contributed by atoms with Crippen molar-refractivity contribution in [1.82, 2.24) is 0 Å². The Kier molecular flexibility index (Phi) is 3.07. The van der Waals surface area contributed by atoms with E-state index in [1.807, 2.05) is 27.7 Å². The molecule has 2 rings (SSSR count). The molecule has 0 unspecified atom stereocenters. The second-order valence-corrected chi connectivity index (χ2v) is 6.07. The summed E-state index contributed by atoms with van der Waals surface area (Å²) in [5, 5.41) is 2.52. The van der Waals surface area contributed by atoms with Gasteiger partial charge in [0.2, 0.25) is 0 Å². The van der Waals surface area contributed by atoms with Crippen LogP contribution < -0.4 is 5.46 Å². The van der Waals surface area contributed by atoms with Crippen LogP contribution >= 0.6 is 11.3 Å². The molecule has 7 heteroatoms. The lowest BCUT2D eigenvalue weighted by molar-refractivity contribution is -0.136. The van der Waals surface area contributed by atoms with Gasteiger partial charge in [-0.3, -0.25) is 0 Å². The smallest absolute Gasteiger partial charge is 0.399 e. The van der Waals surface area contributed by atoms with Gasteiger partial charge in [-0.25, -0.2) is 0 Å². The highest BCUT2D eigenvalue weighted by atomic mass is 32.1. The summed E-state index contributed by atoms with van der Waals surface area (Å²) in [5.41, 5.74) is -1.89. The number of thiophene rings is 1. The first-order valence-electron chi connectivity index (χ1n) is 5.53. The summed E-state index contributed by atoms with van der Waals surface area (Å²) in [6.45, 7) is 7.25. The molecule has 1 aliphatic rings. The minimum atomic E-state index is -4.38. The SMILES string of the molecule is CC1(C)OB(c2cscc2C(F)(F)F)OC1(C)C. The van der Waals surface area contributed by atoms with Crippen LogP contribution in [0.15, 0.2) is 10.8 Å². The first-order valence-corrected chi connectivity index (χ1v) is 6.48. The molecule has 100 valence electrons. The number of halogens is 3. The molecule has 0 bridgehead atoms. The molecule has 1 fully saturated rings. The predicted molar refractivity (Wildman–Crippen MR) is 65.0 cm³/mol. The highest BCUT2D eigenvalue weighted by Crippen LogP contribution is 2.38.